The first-order chi connectivity index (χ1) is 9.88. The molecule has 0 unspecified atom stereocenters. The van der Waals surface area contributed by atoms with Crippen LogP contribution in [0, 0.1) is 0 Å². The normalized spacial score (nSPS) is 14.7. The minimum Gasteiger partial charge on any atom is -0.242 e. The van der Waals surface area contributed by atoms with Crippen LogP contribution in [0.15, 0.2) is 59.1 Å². The lowest BCUT2D eigenvalue weighted by atomic mass is 10.00. The molecule has 2 rings (SSSR count). The van der Waals surface area contributed by atoms with E-state index in [1.54, 1.807) is 0 Å². The van der Waals surface area contributed by atoms with Crippen molar-refractivity contribution < 1.29 is 4.21 Å². The topological polar surface area (TPSA) is 29.1 Å². The van der Waals surface area contributed by atoms with Crippen molar-refractivity contribution in [1.29, 1.82) is 0 Å². The van der Waals surface area contributed by atoms with Gasteiger partial charge < -0.3 is 0 Å². The molecule has 0 fully saturated rings. The van der Waals surface area contributed by atoms with E-state index in [1.807, 2.05) is 51.1 Å². The molecule has 0 aliphatic carbocycles. The number of halogens is 1. The number of hydrogen-bond acceptors (Lipinski definition) is 1. The molecule has 0 radical (unpaired) electrons. The number of rotatable bonds is 4. The Morgan fingerprint density at radius 3 is 2.19 bits per heavy atom. The van der Waals surface area contributed by atoms with E-state index in [-0.39, 0.29) is 10.8 Å². The molecular formula is C17H20BrNOS. The van der Waals surface area contributed by atoms with Gasteiger partial charge in [-0.15, -0.1) is 0 Å². The van der Waals surface area contributed by atoms with Gasteiger partial charge in [0.15, 0.2) is 0 Å². The van der Waals surface area contributed by atoms with Gasteiger partial charge in [-0.25, -0.2) is 8.93 Å². The van der Waals surface area contributed by atoms with E-state index in [9.17, 15) is 4.21 Å². The second-order valence-electron chi connectivity index (χ2n) is 5.90. The molecule has 2 nitrogen and oxygen atoms in total. The average Bonchev–Trinajstić information content (AvgIpc) is 2.44. The van der Waals surface area contributed by atoms with Crippen LogP contribution in [0.25, 0.3) is 0 Å². The Bertz CT molecular complexity index is 622. The lowest BCUT2D eigenvalue weighted by molar-refractivity contribution is 0.623. The van der Waals surface area contributed by atoms with E-state index in [1.165, 1.54) is 0 Å². The van der Waals surface area contributed by atoms with Gasteiger partial charge in [0.1, 0.15) is 0 Å². The van der Waals surface area contributed by atoms with Crippen molar-refractivity contribution in [2.75, 3.05) is 0 Å². The summed E-state index contributed by atoms with van der Waals surface area (Å²) >= 11 is 3.51. The smallest absolute Gasteiger partial charge is 0.0979 e. The molecule has 2 atom stereocenters. The molecule has 0 bridgehead atoms. The zero-order valence-corrected chi connectivity index (χ0v) is 14.9. The van der Waals surface area contributed by atoms with Crippen LogP contribution in [0.4, 0.5) is 0 Å². The van der Waals surface area contributed by atoms with Crippen molar-refractivity contribution in [3.05, 3.63) is 70.2 Å². The minimum absolute atomic E-state index is 0.0937. The van der Waals surface area contributed by atoms with Gasteiger partial charge in [0.2, 0.25) is 0 Å². The molecule has 0 saturated carbocycles. The van der Waals surface area contributed by atoms with Gasteiger partial charge >= 0.3 is 0 Å². The van der Waals surface area contributed by atoms with E-state index in [0.29, 0.717) is 0 Å². The number of hydrogen-bond donors (Lipinski definition) is 1. The van der Waals surface area contributed by atoms with Gasteiger partial charge in [0.25, 0.3) is 0 Å². The maximum absolute atomic E-state index is 12.5. The highest BCUT2D eigenvalue weighted by Gasteiger charge is 2.24. The van der Waals surface area contributed by atoms with Crippen LogP contribution in [-0.4, -0.2) is 8.96 Å². The lowest BCUT2D eigenvalue weighted by Gasteiger charge is -2.25. The van der Waals surface area contributed by atoms with Crippen LogP contribution < -0.4 is 4.72 Å². The summed E-state index contributed by atoms with van der Waals surface area (Å²) in [4.78, 5) is 0. The van der Waals surface area contributed by atoms with E-state index in [2.05, 4.69) is 44.9 Å². The molecule has 2 aromatic rings. The van der Waals surface area contributed by atoms with E-state index in [0.717, 1.165) is 15.6 Å². The fourth-order valence-corrected chi connectivity index (χ4v) is 3.20. The summed E-state index contributed by atoms with van der Waals surface area (Å²) in [7, 11) is -1.14. The molecule has 0 spiro atoms. The van der Waals surface area contributed by atoms with Gasteiger partial charge in [-0.2, -0.15) is 0 Å². The standard InChI is InChI=1S/C17H20BrNOS/c1-17(2,3)21(20)19-16(13-8-5-4-6-9-13)14-10-7-11-15(18)12-14/h4-12,16,19H,1-3H3/t16-,21-/m1/s1. The maximum Gasteiger partial charge on any atom is 0.0979 e. The van der Waals surface area contributed by atoms with Gasteiger partial charge in [-0.3, -0.25) is 0 Å². The fourth-order valence-electron chi connectivity index (χ4n) is 1.94. The number of nitrogens with one attached hydrogen (secondary N) is 1. The zero-order valence-electron chi connectivity index (χ0n) is 12.5. The van der Waals surface area contributed by atoms with Crippen LogP contribution >= 0.6 is 15.9 Å². The highest BCUT2D eigenvalue weighted by Crippen LogP contribution is 2.26. The highest BCUT2D eigenvalue weighted by molar-refractivity contribution is 9.10. The highest BCUT2D eigenvalue weighted by atomic mass is 79.9. The Morgan fingerprint density at radius 2 is 1.62 bits per heavy atom. The molecule has 0 heterocycles. The Hall–Kier alpha value is -0.970. The van der Waals surface area contributed by atoms with Crippen molar-refractivity contribution in [3.8, 4) is 0 Å². The third-order valence-electron chi connectivity index (χ3n) is 3.10. The quantitative estimate of drug-likeness (QED) is 0.843. The Balaban J connectivity index is 2.38. The van der Waals surface area contributed by atoms with Crippen molar-refractivity contribution in [2.45, 2.75) is 31.6 Å². The minimum atomic E-state index is -1.14. The molecule has 1 N–H and O–H groups in total. The summed E-state index contributed by atoms with van der Waals surface area (Å²) in [5.41, 5.74) is 2.20. The molecule has 0 aromatic heterocycles. The van der Waals surface area contributed by atoms with Gasteiger partial charge in [-0.05, 0) is 44.0 Å². The van der Waals surface area contributed by atoms with E-state index >= 15 is 0 Å². The molecule has 0 saturated heterocycles. The van der Waals surface area contributed by atoms with Crippen molar-refractivity contribution in [1.82, 2.24) is 4.72 Å². The molecule has 0 aliphatic rings. The van der Waals surface area contributed by atoms with Crippen LogP contribution in [0.3, 0.4) is 0 Å². The van der Waals surface area contributed by atoms with Gasteiger partial charge in [-0.1, -0.05) is 58.4 Å². The third-order valence-corrected chi connectivity index (χ3v) is 5.15. The van der Waals surface area contributed by atoms with Crippen LogP contribution in [0.2, 0.25) is 0 Å². The van der Waals surface area contributed by atoms with Crippen molar-refractivity contribution in [3.63, 3.8) is 0 Å². The molecule has 2 aromatic carbocycles. The second kappa shape index (κ2) is 6.86. The monoisotopic (exact) mass is 365 g/mol. The summed E-state index contributed by atoms with van der Waals surface area (Å²) in [5.74, 6) is 0. The summed E-state index contributed by atoms with van der Waals surface area (Å²) < 4.78 is 16.5. The summed E-state index contributed by atoms with van der Waals surface area (Å²) in [6, 6.07) is 18.1. The largest absolute Gasteiger partial charge is 0.242 e. The van der Waals surface area contributed by atoms with Crippen LogP contribution in [0.5, 0.6) is 0 Å². The van der Waals surface area contributed by atoms with E-state index < -0.39 is 11.0 Å². The summed E-state index contributed by atoms with van der Waals surface area (Å²) in [6.07, 6.45) is 0. The van der Waals surface area contributed by atoms with Crippen LogP contribution in [-0.2, 0) is 11.0 Å². The molecule has 4 heteroatoms. The third kappa shape index (κ3) is 4.50. The predicted octanol–water partition coefficient (Wildman–Crippen LogP) is 4.59. The predicted molar refractivity (Wildman–Crippen MR) is 93.5 cm³/mol. The summed E-state index contributed by atoms with van der Waals surface area (Å²) in [5, 5.41) is 0. The van der Waals surface area contributed by atoms with Crippen LogP contribution in [0.1, 0.15) is 37.9 Å². The fraction of sp³-hybridized carbons (Fsp3) is 0.294. The van der Waals surface area contributed by atoms with Crippen molar-refractivity contribution in [2.24, 2.45) is 0 Å². The molecule has 0 amide bonds. The summed E-state index contributed by atoms with van der Waals surface area (Å²) in [6.45, 7) is 5.91. The molecule has 112 valence electrons. The Kier molecular flexibility index (Phi) is 5.36. The Labute approximate surface area is 137 Å². The van der Waals surface area contributed by atoms with Crippen molar-refractivity contribution >= 4 is 26.9 Å². The molecule has 0 aliphatic heterocycles. The first-order valence-electron chi connectivity index (χ1n) is 6.86. The number of benzene rings is 2. The Morgan fingerprint density at radius 1 is 1.00 bits per heavy atom. The maximum atomic E-state index is 12.5. The zero-order chi connectivity index (χ0) is 15.5. The van der Waals surface area contributed by atoms with E-state index in [4.69, 9.17) is 0 Å². The lowest BCUT2D eigenvalue weighted by Crippen LogP contribution is -2.36. The average molecular weight is 366 g/mol. The molecule has 21 heavy (non-hydrogen) atoms. The second-order valence-corrected chi connectivity index (χ2v) is 8.81. The van der Waals surface area contributed by atoms with Gasteiger partial charge in [0, 0.05) is 4.47 Å². The molecular weight excluding hydrogens is 346 g/mol. The SMILES string of the molecule is CC(C)(C)[S@@](=O)N[C@H](c1ccccc1)c1cccc(Br)c1. The van der Waals surface area contributed by atoms with Gasteiger partial charge in [0.05, 0.1) is 21.8 Å². The first-order valence-corrected chi connectivity index (χ1v) is 8.80. The first kappa shape index (κ1) is 16.4.